The molecule has 0 aliphatic carbocycles. The van der Waals surface area contributed by atoms with E-state index in [1.165, 1.54) is 12.1 Å². The maximum Gasteiger partial charge on any atom is 0.308 e. The van der Waals surface area contributed by atoms with Crippen LogP contribution in [0.2, 0.25) is 0 Å². The van der Waals surface area contributed by atoms with Gasteiger partial charge in [0.05, 0.1) is 36.5 Å². The lowest BCUT2D eigenvalue weighted by atomic mass is 9.94. The van der Waals surface area contributed by atoms with Crippen molar-refractivity contribution in [1.82, 2.24) is 4.57 Å². The Morgan fingerprint density at radius 1 is 0.833 bits per heavy atom. The van der Waals surface area contributed by atoms with Gasteiger partial charge in [-0.1, -0.05) is 89.1 Å². The number of esters is 1. The predicted octanol–water partition coefficient (Wildman–Crippen LogP) is 8.60. The normalized spacial score (nSPS) is 13.2. The van der Waals surface area contributed by atoms with E-state index in [2.05, 4.69) is 19.2 Å². The van der Waals surface area contributed by atoms with Crippen molar-refractivity contribution in [2.75, 3.05) is 11.9 Å². The Hall–Kier alpha value is -4.27. The van der Waals surface area contributed by atoms with E-state index in [9.17, 15) is 24.2 Å². The van der Waals surface area contributed by atoms with Gasteiger partial charge in [-0.05, 0) is 78.6 Å². The molecule has 4 rings (SSSR count). The molecule has 1 heterocycles. The summed E-state index contributed by atoms with van der Waals surface area (Å²) >= 11 is 0. The summed E-state index contributed by atoms with van der Waals surface area (Å²) in [6, 6.07) is 25.1. The number of benzene rings is 3. The lowest BCUT2D eigenvalue weighted by molar-refractivity contribution is -0.146. The fourth-order valence-electron chi connectivity index (χ4n) is 6.26. The van der Waals surface area contributed by atoms with E-state index < -0.39 is 18.2 Å². The molecule has 0 aliphatic heterocycles. The van der Waals surface area contributed by atoms with Crippen LogP contribution in [0.3, 0.4) is 0 Å². The third-order valence-corrected chi connectivity index (χ3v) is 8.58. The standard InChI is InChI=1S/C40H49FN2O5/c1-5-12-28(4)22-24-48-35(46)26-34(45)25-33(44)21-23-43-38(27(2)3)37(40(47)42-32-15-10-7-11-16-32)36(29-13-8-6-9-14-29)39(43)30-17-19-31(41)20-18-30/h6-11,13-20,27-28,33-34,44-45H,5,12,21-26H2,1-4H3,(H,42,47)/t28?,33-,34-/m1/s1. The Labute approximate surface area is 283 Å². The molecule has 0 spiro atoms. The number of aromatic nitrogens is 1. The number of aliphatic hydroxyl groups excluding tert-OH is 2. The van der Waals surface area contributed by atoms with E-state index >= 15 is 0 Å². The first-order chi connectivity index (χ1) is 23.1. The lowest BCUT2D eigenvalue weighted by Gasteiger charge is -2.20. The van der Waals surface area contributed by atoms with Crippen molar-refractivity contribution in [1.29, 1.82) is 0 Å². The number of para-hydroxylation sites is 1. The smallest absolute Gasteiger partial charge is 0.308 e. The van der Waals surface area contributed by atoms with Gasteiger partial charge in [0.15, 0.2) is 0 Å². The molecule has 0 saturated heterocycles. The van der Waals surface area contributed by atoms with E-state index in [0.717, 1.165) is 41.8 Å². The SMILES string of the molecule is CCCC(C)CCOC(=O)C[C@H](O)C[C@H](O)CCn1c(-c2ccc(F)cc2)c(-c2ccccc2)c(C(=O)Nc2ccccc2)c1C(C)C. The number of carbonyl (C=O) groups excluding carboxylic acids is 2. The number of hydrogen-bond acceptors (Lipinski definition) is 5. The van der Waals surface area contributed by atoms with Crippen LogP contribution >= 0.6 is 0 Å². The number of aliphatic hydroxyl groups is 2. The van der Waals surface area contributed by atoms with Crippen molar-refractivity contribution in [3.63, 3.8) is 0 Å². The van der Waals surface area contributed by atoms with Gasteiger partial charge in [-0.15, -0.1) is 0 Å². The Balaban J connectivity index is 1.65. The molecule has 0 aliphatic rings. The van der Waals surface area contributed by atoms with Gasteiger partial charge in [0.1, 0.15) is 5.82 Å². The average molecular weight is 657 g/mol. The van der Waals surface area contributed by atoms with Crippen molar-refractivity contribution in [2.45, 2.75) is 90.9 Å². The summed E-state index contributed by atoms with van der Waals surface area (Å²) in [6.45, 7) is 8.91. The van der Waals surface area contributed by atoms with E-state index in [-0.39, 0.29) is 36.9 Å². The number of carbonyl (C=O) groups is 2. The molecule has 256 valence electrons. The third kappa shape index (κ3) is 9.87. The van der Waals surface area contributed by atoms with Gasteiger partial charge in [0.25, 0.3) is 5.91 Å². The van der Waals surface area contributed by atoms with Gasteiger partial charge < -0.3 is 24.8 Å². The number of hydrogen-bond donors (Lipinski definition) is 3. The van der Waals surface area contributed by atoms with E-state index in [0.29, 0.717) is 35.9 Å². The highest BCUT2D eigenvalue weighted by atomic mass is 19.1. The summed E-state index contributed by atoms with van der Waals surface area (Å²) in [4.78, 5) is 26.5. The van der Waals surface area contributed by atoms with Gasteiger partial charge in [-0.2, -0.15) is 0 Å². The fraction of sp³-hybridized carbons (Fsp3) is 0.400. The largest absolute Gasteiger partial charge is 0.466 e. The summed E-state index contributed by atoms with van der Waals surface area (Å²) in [5.74, 6) is -0.764. The number of anilines is 1. The molecule has 0 fully saturated rings. The van der Waals surface area contributed by atoms with E-state index in [1.54, 1.807) is 12.1 Å². The van der Waals surface area contributed by atoms with Crippen LogP contribution in [0, 0.1) is 11.7 Å². The highest BCUT2D eigenvalue weighted by molar-refractivity contribution is 6.12. The number of amides is 1. The topological polar surface area (TPSA) is 101 Å². The maximum atomic E-state index is 14.2. The minimum Gasteiger partial charge on any atom is -0.466 e. The zero-order valence-corrected chi connectivity index (χ0v) is 28.5. The molecule has 7 nitrogen and oxygen atoms in total. The van der Waals surface area contributed by atoms with Crippen LogP contribution < -0.4 is 5.32 Å². The van der Waals surface area contributed by atoms with Crippen molar-refractivity contribution < 1.29 is 28.9 Å². The molecule has 0 radical (unpaired) electrons. The fourth-order valence-corrected chi connectivity index (χ4v) is 6.26. The molecule has 1 amide bonds. The average Bonchev–Trinajstić information content (AvgIpc) is 3.40. The maximum absolute atomic E-state index is 14.2. The van der Waals surface area contributed by atoms with Gasteiger partial charge in [-0.3, -0.25) is 9.59 Å². The predicted molar refractivity (Wildman–Crippen MR) is 189 cm³/mol. The quantitative estimate of drug-likeness (QED) is 0.0989. The van der Waals surface area contributed by atoms with Crippen LogP contribution in [-0.2, 0) is 16.1 Å². The molecule has 3 atom stereocenters. The molecule has 0 bridgehead atoms. The molecule has 8 heteroatoms. The minimum atomic E-state index is -1.06. The van der Waals surface area contributed by atoms with Crippen LogP contribution in [0.4, 0.5) is 10.1 Å². The van der Waals surface area contributed by atoms with Crippen LogP contribution in [0.5, 0.6) is 0 Å². The number of nitrogens with zero attached hydrogens (tertiary/aromatic N) is 1. The first kappa shape index (κ1) is 36.6. The highest BCUT2D eigenvalue weighted by Gasteiger charge is 2.31. The molecule has 0 saturated carbocycles. The van der Waals surface area contributed by atoms with Crippen LogP contribution in [-0.4, -0.2) is 45.5 Å². The monoisotopic (exact) mass is 656 g/mol. The summed E-state index contributed by atoms with van der Waals surface area (Å²) in [6.07, 6.45) is 0.995. The minimum absolute atomic E-state index is 0.00159. The van der Waals surface area contributed by atoms with Crippen molar-refractivity contribution in [2.24, 2.45) is 5.92 Å². The number of ether oxygens (including phenoxy) is 1. The zero-order valence-electron chi connectivity index (χ0n) is 28.5. The second-order valence-electron chi connectivity index (χ2n) is 12.9. The molecular formula is C40H49FN2O5. The van der Waals surface area contributed by atoms with E-state index in [1.807, 2.05) is 79.1 Å². The van der Waals surface area contributed by atoms with Gasteiger partial charge in [0, 0.05) is 23.5 Å². The van der Waals surface area contributed by atoms with Crippen LogP contribution in [0.1, 0.15) is 88.2 Å². The van der Waals surface area contributed by atoms with Crippen LogP contribution in [0.15, 0.2) is 84.9 Å². The van der Waals surface area contributed by atoms with Crippen LogP contribution in [0.25, 0.3) is 22.4 Å². The van der Waals surface area contributed by atoms with Crippen molar-refractivity contribution >= 4 is 17.6 Å². The Morgan fingerprint density at radius 3 is 2.10 bits per heavy atom. The summed E-state index contributed by atoms with van der Waals surface area (Å²) in [7, 11) is 0. The van der Waals surface area contributed by atoms with E-state index in [4.69, 9.17) is 4.74 Å². The molecule has 48 heavy (non-hydrogen) atoms. The second-order valence-corrected chi connectivity index (χ2v) is 12.9. The third-order valence-electron chi connectivity index (χ3n) is 8.58. The summed E-state index contributed by atoms with van der Waals surface area (Å²) < 4.78 is 21.5. The molecule has 1 aromatic heterocycles. The first-order valence-corrected chi connectivity index (χ1v) is 17.0. The highest BCUT2D eigenvalue weighted by Crippen LogP contribution is 2.42. The van der Waals surface area contributed by atoms with Crippen molar-refractivity contribution in [3.8, 4) is 22.4 Å². The Kier molecular flexibility index (Phi) is 13.5. The number of rotatable bonds is 17. The number of halogens is 1. The Bertz CT molecular complexity index is 1600. The van der Waals surface area contributed by atoms with Crippen molar-refractivity contribution in [3.05, 3.63) is 102 Å². The van der Waals surface area contributed by atoms with Gasteiger partial charge in [-0.25, -0.2) is 4.39 Å². The summed E-state index contributed by atoms with van der Waals surface area (Å²) in [5, 5.41) is 24.8. The van der Waals surface area contributed by atoms with Gasteiger partial charge in [0.2, 0.25) is 0 Å². The zero-order chi connectivity index (χ0) is 34.6. The molecule has 1 unspecified atom stereocenters. The molecule has 3 N–H and O–H groups in total. The van der Waals surface area contributed by atoms with Gasteiger partial charge >= 0.3 is 5.97 Å². The second kappa shape index (κ2) is 17.8. The molecular weight excluding hydrogens is 607 g/mol. The Morgan fingerprint density at radius 2 is 1.48 bits per heavy atom. The summed E-state index contributed by atoms with van der Waals surface area (Å²) in [5.41, 5.74) is 4.93. The number of nitrogens with one attached hydrogen (secondary N) is 1. The molecule has 3 aromatic carbocycles. The first-order valence-electron chi connectivity index (χ1n) is 17.0. The molecule has 4 aromatic rings. The lowest BCUT2D eigenvalue weighted by Crippen LogP contribution is -2.24.